The van der Waals surface area contributed by atoms with Crippen LogP contribution in [0.2, 0.25) is 0 Å². The molecule has 0 aliphatic heterocycles. The monoisotopic (exact) mass is 336 g/mol. The number of benzene rings is 1. The topological polar surface area (TPSA) is 80.7 Å². The molecule has 0 saturated heterocycles. The standard InChI is InChI=1S/C16H21N2O4P/c1-3-21-23(20,22-4-2)16(13-9-5-6-10-14(13)19)18-15-11-7-8-12-17-15/h5-12,16,19H,3-4H2,1-2H3,(H,17,18). The number of para-hydroxylation sites is 1. The lowest BCUT2D eigenvalue weighted by molar-refractivity contribution is 0.213. The number of phenolic OH excluding ortho intramolecular Hbond substituents is 1. The zero-order valence-electron chi connectivity index (χ0n) is 13.2. The van der Waals surface area contributed by atoms with E-state index in [9.17, 15) is 9.67 Å². The predicted octanol–water partition coefficient (Wildman–Crippen LogP) is 4.16. The summed E-state index contributed by atoms with van der Waals surface area (Å²) in [6.07, 6.45) is 1.62. The van der Waals surface area contributed by atoms with Gasteiger partial charge in [0.2, 0.25) is 0 Å². The maximum atomic E-state index is 13.2. The maximum Gasteiger partial charge on any atom is 0.357 e. The van der Waals surface area contributed by atoms with Crippen molar-refractivity contribution < 1.29 is 18.7 Å². The SMILES string of the molecule is CCOP(=O)(OCC)C(Nc1ccccn1)c1ccccc1O. The fourth-order valence-electron chi connectivity index (χ4n) is 2.18. The molecule has 0 fully saturated rings. The van der Waals surface area contributed by atoms with Crippen LogP contribution < -0.4 is 5.32 Å². The van der Waals surface area contributed by atoms with Gasteiger partial charge in [-0.05, 0) is 32.0 Å². The third kappa shape index (κ3) is 4.32. The summed E-state index contributed by atoms with van der Waals surface area (Å²) in [6, 6.07) is 12.0. The molecule has 0 saturated carbocycles. The quantitative estimate of drug-likeness (QED) is 0.705. The van der Waals surface area contributed by atoms with Gasteiger partial charge >= 0.3 is 7.60 Å². The molecular formula is C16H21N2O4P. The molecule has 1 heterocycles. The molecule has 0 spiro atoms. The number of hydrogen-bond acceptors (Lipinski definition) is 6. The summed E-state index contributed by atoms with van der Waals surface area (Å²) in [5.41, 5.74) is 0.434. The van der Waals surface area contributed by atoms with E-state index in [-0.39, 0.29) is 19.0 Å². The van der Waals surface area contributed by atoms with Gasteiger partial charge in [-0.3, -0.25) is 4.57 Å². The first-order valence-corrected chi connectivity index (χ1v) is 9.06. The second kappa shape index (κ2) is 8.11. The van der Waals surface area contributed by atoms with E-state index in [4.69, 9.17) is 9.05 Å². The summed E-state index contributed by atoms with van der Waals surface area (Å²) in [7, 11) is -3.55. The third-order valence-electron chi connectivity index (χ3n) is 3.12. The summed E-state index contributed by atoms with van der Waals surface area (Å²) in [5.74, 6) is -0.334. The zero-order chi connectivity index (χ0) is 16.7. The Bertz CT molecular complexity index is 656. The Kier molecular flexibility index (Phi) is 6.16. The maximum absolute atomic E-state index is 13.2. The van der Waals surface area contributed by atoms with Crippen LogP contribution in [-0.4, -0.2) is 23.3 Å². The Morgan fingerprint density at radius 1 is 1.13 bits per heavy atom. The number of pyridine rings is 1. The average molecular weight is 336 g/mol. The fraction of sp³-hybridized carbons (Fsp3) is 0.312. The average Bonchev–Trinajstić information content (AvgIpc) is 2.55. The van der Waals surface area contributed by atoms with Crippen molar-refractivity contribution in [3.8, 4) is 5.75 Å². The van der Waals surface area contributed by atoms with Crippen molar-refractivity contribution in [3.63, 3.8) is 0 Å². The molecule has 6 nitrogen and oxygen atoms in total. The number of nitrogens with zero attached hydrogens (tertiary/aromatic N) is 1. The normalized spacial score (nSPS) is 12.8. The number of phenols is 1. The van der Waals surface area contributed by atoms with Gasteiger partial charge in [0.05, 0.1) is 13.2 Å². The van der Waals surface area contributed by atoms with Crippen molar-refractivity contribution in [3.05, 3.63) is 54.2 Å². The summed E-state index contributed by atoms with van der Waals surface area (Å²) in [5, 5.41) is 13.2. The lowest BCUT2D eigenvalue weighted by atomic mass is 10.2. The van der Waals surface area contributed by atoms with Gasteiger partial charge < -0.3 is 19.5 Å². The van der Waals surface area contributed by atoms with Crippen LogP contribution in [0, 0.1) is 0 Å². The molecule has 2 aromatic rings. The number of aromatic hydroxyl groups is 1. The lowest BCUT2D eigenvalue weighted by Gasteiger charge is -2.28. The Hall–Kier alpha value is -1.88. The largest absolute Gasteiger partial charge is 0.508 e. The van der Waals surface area contributed by atoms with Gasteiger partial charge in [-0.25, -0.2) is 4.98 Å². The van der Waals surface area contributed by atoms with Gasteiger partial charge in [0.1, 0.15) is 11.6 Å². The van der Waals surface area contributed by atoms with Crippen molar-refractivity contribution in [1.82, 2.24) is 4.98 Å². The molecule has 1 aromatic heterocycles. The van der Waals surface area contributed by atoms with E-state index in [0.717, 1.165) is 0 Å². The number of rotatable bonds is 8. The molecule has 1 atom stereocenters. The predicted molar refractivity (Wildman–Crippen MR) is 89.6 cm³/mol. The first kappa shape index (κ1) is 17.5. The molecule has 124 valence electrons. The highest BCUT2D eigenvalue weighted by atomic mass is 31.2. The molecule has 2 rings (SSSR count). The van der Waals surface area contributed by atoms with E-state index in [0.29, 0.717) is 11.4 Å². The molecule has 0 radical (unpaired) electrons. The Labute approximate surface area is 136 Å². The number of anilines is 1. The minimum atomic E-state index is -3.55. The van der Waals surface area contributed by atoms with Crippen molar-refractivity contribution >= 4 is 13.4 Å². The van der Waals surface area contributed by atoms with Crippen LogP contribution in [0.4, 0.5) is 5.82 Å². The zero-order valence-corrected chi connectivity index (χ0v) is 14.1. The van der Waals surface area contributed by atoms with Crippen molar-refractivity contribution in [2.75, 3.05) is 18.5 Å². The van der Waals surface area contributed by atoms with Crippen molar-refractivity contribution in [2.24, 2.45) is 0 Å². The van der Waals surface area contributed by atoms with E-state index < -0.39 is 13.4 Å². The molecular weight excluding hydrogens is 315 g/mol. The molecule has 1 unspecified atom stereocenters. The molecule has 1 aromatic carbocycles. The third-order valence-corrected chi connectivity index (χ3v) is 5.39. The molecule has 0 aliphatic carbocycles. The van der Waals surface area contributed by atoms with E-state index in [1.165, 1.54) is 6.07 Å². The van der Waals surface area contributed by atoms with Gasteiger partial charge in [0, 0.05) is 11.8 Å². The Morgan fingerprint density at radius 2 is 1.78 bits per heavy atom. The van der Waals surface area contributed by atoms with Crippen molar-refractivity contribution in [2.45, 2.75) is 19.6 Å². The Balaban J connectivity index is 2.46. The molecule has 0 amide bonds. The molecule has 23 heavy (non-hydrogen) atoms. The minimum absolute atomic E-state index is 0.0144. The molecule has 0 aliphatic rings. The van der Waals surface area contributed by atoms with Gasteiger partial charge in [-0.1, -0.05) is 24.3 Å². The van der Waals surface area contributed by atoms with Gasteiger partial charge in [-0.2, -0.15) is 0 Å². The summed E-state index contributed by atoms with van der Waals surface area (Å²) >= 11 is 0. The minimum Gasteiger partial charge on any atom is -0.508 e. The van der Waals surface area contributed by atoms with Crippen LogP contribution in [0.1, 0.15) is 25.2 Å². The van der Waals surface area contributed by atoms with Crippen LogP contribution in [0.15, 0.2) is 48.7 Å². The highest BCUT2D eigenvalue weighted by Gasteiger charge is 2.38. The second-order valence-electron chi connectivity index (χ2n) is 4.70. The first-order valence-electron chi connectivity index (χ1n) is 7.45. The number of hydrogen-bond donors (Lipinski definition) is 2. The van der Waals surface area contributed by atoms with Crippen LogP contribution >= 0.6 is 7.60 Å². The van der Waals surface area contributed by atoms with Gasteiger partial charge in [0.15, 0.2) is 5.78 Å². The van der Waals surface area contributed by atoms with Crippen LogP contribution in [0.3, 0.4) is 0 Å². The van der Waals surface area contributed by atoms with Crippen molar-refractivity contribution in [1.29, 1.82) is 0 Å². The number of aromatic nitrogens is 1. The highest BCUT2D eigenvalue weighted by Crippen LogP contribution is 2.61. The summed E-state index contributed by atoms with van der Waals surface area (Å²) in [6.45, 7) is 3.94. The molecule has 7 heteroatoms. The lowest BCUT2D eigenvalue weighted by Crippen LogP contribution is -2.16. The first-order chi connectivity index (χ1) is 11.1. The highest BCUT2D eigenvalue weighted by molar-refractivity contribution is 7.54. The second-order valence-corrected chi connectivity index (χ2v) is 6.81. The van der Waals surface area contributed by atoms with Gasteiger partial charge in [-0.15, -0.1) is 0 Å². The van der Waals surface area contributed by atoms with Crippen LogP contribution in [0.5, 0.6) is 5.75 Å². The van der Waals surface area contributed by atoms with E-state index in [1.807, 2.05) is 6.07 Å². The van der Waals surface area contributed by atoms with Crippen LogP contribution in [-0.2, 0) is 13.6 Å². The van der Waals surface area contributed by atoms with E-state index in [1.54, 1.807) is 50.4 Å². The fourth-order valence-corrected chi connectivity index (χ4v) is 4.12. The van der Waals surface area contributed by atoms with E-state index >= 15 is 0 Å². The summed E-state index contributed by atoms with van der Waals surface area (Å²) < 4.78 is 24.1. The number of nitrogens with one attached hydrogen (secondary N) is 1. The van der Waals surface area contributed by atoms with E-state index in [2.05, 4.69) is 10.3 Å². The molecule has 2 N–H and O–H groups in total. The summed E-state index contributed by atoms with van der Waals surface area (Å²) in [4.78, 5) is 4.18. The van der Waals surface area contributed by atoms with Crippen LogP contribution in [0.25, 0.3) is 0 Å². The Morgan fingerprint density at radius 3 is 2.35 bits per heavy atom. The smallest absolute Gasteiger partial charge is 0.357 e. The van der Waals surface area contributed by atoms with Gasteiger partial charge in [0.25, 0.3) is 0 Å². The molecule has 0 bridgehead atoms.